The van der Waals surface area contributed by atoms with E-state index in [9.17, 15) is 18.0 Å². The van der Waals surface area contributed by atoms with E-state index in [-0.39, 0.29) is 11.3 Å². The molecule has 0 saturated heterocycles. The fourth-order valence-electron chi connectivity index (χ4n) is 3.45. The minimum atomic E-state index is -4.61. The second-order valence-electron chi connectivity index (χ2n) is 7.26. The van der Waals surface area contributed by atoms with Crippen LogP contribution in [0.5, 0.6) is 0 Å². The lowest BCUT2D eigenvalue weighted by atomic mass is 9.97. The van der Waals surface area contributed by atoms with E-state index in [1.54, 1.807) is 24.5 Å². The minimum absolute atomic E-state index is 0.148. The highest BCUT2D eigenvalue weighted by atomic mass is 19.4. The van der Waals surface area contributed by atoms with Gasteiger partial charge >= 0.3 is 6.18 Å². The Morgan fingerprint density at radius 3 is 2.56 bits per heavy atom. The maximum absolute atomic E-state index is 13.1. The summed E-state index contributed by atoms with van der Waals surface area (Å²) in [7, 11) is 0. The molecule has 1 amide bonds. The zero-order chi connectivity index (χ0) is 22.9. The van der Waals surface area contributed by atoms with Crippen molar-refractivity contribution in [2.24, 2.45) is 0 Å². The second-order valence-corrected chi connectivity index (χ2v) is 7.26. The third-order valence-corrected chi connectivity index (χ3v) is 5.14. The van der Waals surface area contributed by atoms with Crippen molar-refractivity contribution < 1.29 is 18.0 Å². The quantitative estimate of drug-likeness (QED) is 0.354. The lowest BCUT2D eigenvalue weighted by molar-refractivity contribution is -0.137. The van der Waals surface area contributed by atoms with E-state index in [4.69, 9.17) is 6.57 Å². The molecule has 4 aromatic rings. The Balaban J connectivity index is 1.69. The number of carbonyl (C=O) groups is 1. The van der Waals surface area contributed by atoms with Crippen LogP contribution in [0.25, 0.3) is 26.7 Å². The highest BCUT2D eigenvalue weighted by Gasteiger charge is 2.31. The summed E-state index contributed by atoms with van der Waals surface area (Å²) >= 11 is 0. The van der Waals surface area contributed by atoms with Gasteiger partial charge in [0.1, 0.15) is 0 Å². The minimum Gasteiger partial charge on any atom is -0.323 e. The summed E-state index contributed by atoms with van der Waals surface area (Å²) in [6.07, 6.45) is -1.13. The van der Waals surface area contributed by atoms with Crippen LogP contribution in [-0.2, 0) is 6.18 Å². The maximum Gasteiger partial charge on any atom is 0.416 e. The number of fused-ring (bicyclic) bond motifs is 1. The predicted octanol–water partition coefficient (Wildman–Crippen LogP) is 7.03. The van der Waals surface area contributed by atoms with Gasteiger partial charge in [-0.3, -0.25) is 9.78 Å². The van der Waals surface area contributed by atoms with Crippen molar-refractivity contribution in [1.29, 1.82) is 0 Å². The summed E-state index contributed by atoms with van der Waals surface area (Å²) in [4.78, 5) is 20.1. The van der Waals surface area contributed by atoms with Crippen molar-refractivity contribution in [3.05, 3.63) is 101 Å². The number of aryl methyl sites for hydroxylation is 1. The van der Waals surface area contributed by atoms with Gasteiger partial charge in [0.25, 0.3) is 0 Å². The number of rotatable bonds is 3. The zero-order valence-electron chi connectivity index (χ0n) is 16.9. The van der Waals surface area contributed by atoms with E-state index in [1.165, 1.54) is 0 Å². The average molecular weight is 431 g/mol. The number of pyridine rings is 1. The van der Waals surface area contributed by atoms with Crippen LogP contribution in [0.3, 0.4) is 0 Å². The van der Waals surface area contributed by atoms with E-state index >= 15 is 0 Å². The summed E-state index contributed by atoms with van der Waals surface area (Å²) in [5.74, 6) is -0.778. The summed E-state index contributed by atoms with van der Waals surface area (Å²) in [5.41, 5.74) is 1.70. The van der Waals surface area contributed by atoms with Gasteiger partial charge in [-0.25, -0.2) is 4.85 Å². The first-order valence-corrected chi connectivity index (χ1v) is 9.61. The molecule has 0 spiro atoms. The lowest BCUT2D eigenvalue weighted by Gasteiger charge is -2.13. The van der Waals surface area contributed by atoms with Crippen molar-refractivity contribution in [2.45, 2.75) is 13.1 Å². The van der Waals surface area contributed by atoms with Gasteiger partial charge in [-0.1, -0.05) is 30.3 Å². The standard InChI is InChI=1S/C25H16F3N3O/c1-15-3-7-20(13-21(15)17-5-4-16-9-10-30-14-18(16)11-17)31-24(32)22-12-19(25(26,27)28)6-8-23(22)29-2/h3-14H,1H3,(H,31,32). The van der Waals surface area contributed by atoms with Gasteiger partial charge < -0.3 is 5.32 Å². The normalized spacial score (nSPS) is 11.2. The molecule has 0 atom stereocenters. The molecule has 4 nitrogen and oxygen atoms in total. The molecule has 4 rings (SSSR count). The molecule has 0 radical (unpaired) electrons. The monoisotopic (exact) mass is 431 g/mol. The lowest BCUT2D eigenvalue weighted by Crippen LogP contribution is -2.14. The molecule has 32 heavy (non-hydrogen) atoms. The Labute approximate surface area is 182 Å². The van der Waals surface area contributed by atoms with Gasteiger partial charge in [-0.2, -0.15) is 13.2 Å². The number of benzene rings is 3. The van der Waals surface area contributed by atoms with E-state index in [1.807, 2.05) is 37.3 Å². The molecule has 1 N–H and O–H groups in total. The van der Waals surface area contributed by atoms with E-state index in [0.29, 0.717) is 11.8 Å². The van der Waals surface area contributed by atoms with E-state index < -0.39 is 17.6 Å². The number of hydrogen-bond donors (Lipinski definition) is 1. The summed E-state index contributed by atoms with van der Waals surface area (Å²) in [6, 6.07) is 15.6. The van der Waals surface area contributed by atoms with Crippen LogP contribution in [0, 0.1) is 13.5 Å². The third kappa shape index (κ3) is 4.16. The topological polar surface area (TPSA) is 46.4 Å². The number of nitrogens with zero attached hydrogens (tertiary/aromatic N) is 2. The Morgan fingerprint density at radius 1 is 1.00 bits per heavy atom. The number of nitrogens with one attached hydrogen (secondary N) is 1. The third-order valence-electron chi connectivity index (χ3n) is 5.14. The van der Waals surface area contributed by atoms with Gasteiger partial charge in [-0.05, 0) is 59.3 Å². The number of alkyl halides is 3. The van der Waals surface area contributed by atoms with Crippen molar-refractivity contribution in [3.8, 4) is 11.1 Å². The maximum atomic E-state index is 13.1. The van der Waals surface area contributed by atoms with Crippen LogP contribution in [-0.4, -0.2) is 10.9 Å². The number of aromatic nitrogens is 1. The fraction of sp³-hybridized carbons (Fsp3) is 0.0800. The molecule has 158 valence electrons. The zero-order valence-corrected chi connectivity index (χ0v) is 16.9. The van der Waals surface area contributed by atoms with Gasteiger partial charge in [0.05, 0.1) is 12.1 Å². The van der Waals surface area contributed by atoms with E-state index in [2.05, 4.69) is 15.1 Å². The van der Waals surface area contributed by atoms with Crippen LogP contribution in [0.1, 0.15) is 21.5 Å². The molecule has 0 fully saturated rings. The molecule has 0 unspecified atom stereocenters. The highest BCUT2D eigenvalue weighted by Crippen LogP contribution is 2.34. The van der Waals surface area contributed by atoms with Crippen LogP contribution in [0.4, 0.5) is 24.5 Å². The van der Waals surface area contributed by atoms with Gasteiger partial charge in [0.2, 0.25) is 5.91 Å². The van der Waals surface area contributed by atoms with Crippen LogP contribution < -0.4 is 5.32 Å². The number of halogens is 3. The van der Waals surface area contributed by atoms with Crippen molar-refractivity contribution in [1.82, 2.24) is 4.98 Å². The molecule has 0 aliphatic rings. The molecule has 0 saturated carbocycles. The van der Waals surface area contributed by atoms with Crippen LogP contribution in [0.15, 0.2) is 73.1 Å². The molecule has 0 bridgehead atoms. The van der Waals surface area contributed by atoms with Crippen LogP contribution >= 0.6 is 0 Å². The summed E-state index contributed by atoms with van der Waals surface area (Å²) < 4.78 is 39.2. The largest absolute Gasteiger partial charge is 0.416 e. The Kier molecular flexibility index (Phi) is 5.37. The molecule has 0 aliphatic carbocycles. The fourth-order valence-corrected chi connectivity index (χ4v) is 3.45. The highest BCUT2D eigenvalue weighted by molar-refractivity contribution is 6.08. The molecule has 1 heterocycles. The molecule has 3 aromatic carbocycles. The molecule has 7 heteroatoms. The number of hydrogen-bond acceptors (Lipinski definition) is 2. The smallest absolute Gasteiger partial charge is 0.323 e. The van der Waals surface area contributed by atoms with Crippen molar-refractivity contribution >= 4 is 28.1 Å². The van der Waals surface area contributed by atoms with Gasteiger partial charge in [0, 0.05) is 29.0 Å². The first-order valence-electron chi connectivity index (χ1n) is 9.61. The predicted molar refractivity (Wildman–Crippen MR) is 118 cm³/mol. The van der Waals surface area contributed by atoms with Gasteiger partial charge in [0.15, 0.2) is 5.69 Å². The number of amides is 1. The van der Waals surface area contributed by atoms with Gasteiger partial charge in [-0.15, -0.1) is 0 Å². The molecular formula is C25H16F3N3O. The second kappa shape index (κ2) is 8.16. The molecule has 1 aromatic heterocycles. The first-order chi connectivity index (χ1) is 15.3. The first kappa shape index (κ1) is 21.1. The Morgan fingerprint density at radius 2 is 1.81 bits per heavy atom. The van der Waals surface area contributed by atoms with Crippen molar-refractivity contribution in [2.75, 3.05) is 5.32 Å². The Bertz CT molecular complexity index is 1390. The average Bonchev–Trinajstić information content (AvgIpc) is 2.79. The summed E-state index contributed by atoms with van der Waals surface area (Å²) in [6.45, 7) is 9.11. The van der Waals surface area contributed by atoms with Crippen LogP contribution in [0.2, 0.25) is 0 Å². The molecule has 0 aliphatic heterocycles. The van der Waals surface area contributed by atoms with E-state index in [0.717, 1.165) is 39.6 Å². The van der Waals surface area contributed by atoms with Crippen molar-refractivity contribution in [3.63, 3.8) is 0 Å². The number of anilines is 1. The Hall–Kier alpha value is -4.18. The SMILES string of the molecule is [C-]#[N+]c1ccc(C(F)(F)F)cc1C(=O)Nc1ccc(C)c(-c2ccc3ccncc3c2)c1. The summed E-state index contributed by atoms with van der Waals surface area (Å²) in [5, 5.41) is 4.63. The molecular weight excluding hydrogens is 415 g/mol. The number of carbonyl (C=O) groups excluding carboxylic acids is 1.